The van der Waals surface area contributed by atoms with E-state index in [1.165, 1.54) is 4.90 Å². The van der Waals surface area contributed by atoms with Gasteiger partial charge in [-0.15, -0.1) is 13.2 Å². The molecule has 11 nitrogen and oxygen atoms in total. The SMILES string of the molecule is C=CCCC(=O)N(C)[C@H](C)[C@H](OC(=O)[C@H]1[C@@H]2O[C@@]3(CC2Br)[C@@H]1C(=O)N([C@@H](CC)CO)[C@@H]3C(=O)N(CC=C)c1ccc(N(CC)CC)cc1)c1ccccc1. The number of likely N-dealkylation sites (tertiary alicyclic amines) is 1. The Kier molecular flexibility index (Phi) is 13.4. The zero-order chi connectivity index (χ0) is 39.3. The fourth-order valence-corrected chi connectivity index (χ4v) is 9.52. The van der Waals surface area contributed by atoms with Crippen LogP contribution in [0.1, 0.15) is 65.0 Å². The number of benzene rings is 2. The summed E-state index contributed by atoms with van der Waals surface area (Å²) in [5.41, 5.74) is 0.979. The van der Waals surface area contributed by atoms with Gasteiger partial charge < -0.3 is 34.2 Å². The number of allylic oxidation sites excluding steroid dienone is 1. The highest BCUT2D eigenvalue weighted by molar-refractivity contribution is 9.09. The topological polar surface area (TPSA) is 120 Å². The van der Waals surface area contributed by atoms with Crippen LogP contribution in [-0.2, 0) is 28.7 Å². The molecule has 1 spiro atoms. The van der Waals surface area contributed by atoms with Crippen molar-refractivity contribution in [2.75, 3.05) is 43.1 Å². The standard InChI is InChI=1S/C42H55BrN4O7/c1-8-13-19-33(49)44(7)27(6)36(28-17-15-14-16-18-28)53-41(52)34-35-39(50)47(29(10-3)26-48)38(42(35)25-32(43)37(34)54-42)40(51)46(24-9-2)31-22-20-30(21-23-31)45(11-4)12-5/h8-9,14-18,20-23,27,29,32,34-38,48H,1-2,10-13,19,24-26H2,3-7H3/t27-,29+,32?,34-,35+,36+,37-,38-,42+/m1/s1. The van der Waals surface area contributed by atoms with Gasteiger partial charge in [0.25, 0.3) is 5.91 Å². The van der Waals surface area contributed by atoms with E-state index in [4.69, 9.17) is 9.47 Å². The van der Waals surface area contributed by atoms with Crippen LogP contribution in [-0.4, -0.2) is 107 Å². The van der Waals surface area contributed by atoms with E-state index in [2.05, 4.69) is 47.8 Å². The summed E-state index contributed by atoms with van der Waals surface area (Å²) in [4.78, 5) is 64.1. The summed E-state index contributed by atoms with van der Waals surface area (Å²) in [6.45, 7) is 17.0. The lowest BCUT2D eigenvalue weighted by molar-refractivity contribution is -0.165. The summed E-state index contributed by atoms with van der Waals surface area (Å²) >= 11 is 3.76. The third-order valence-electron chi connectivity index (χ3n) is 11.6. The van der Waals surface area contributed by atoms with Gasteiger partial charge in [0.05, 0.1) is 36.6 Å². The molecular weight excluding hydrogens is 752 g/mol. The van der Waals surface area contributed by atoms with Crippen molar-refractivity contribution >= 4 is 51.0 Å². The molecule has 292 valence electrons. The van der Waals surface area contributed by atoms with Gasteiger partial charge in [0, 0.05) is 49.3 Å². The van der Waals surface area contributed by atoms with Gasteiger partial charge in [-0.05, 0) is 69.9 Å². The van der Waals surface area contributed by atoms with E-state index < -0.39 is 59.6 Å². The molecular formula is C42H55BrN4O7. The maximum atomic E-state index is 15.1. The Bertz CT molecular complexity index is 1670. The molecule has 3 fully saturated rings. The number of aliphatic hydroxyl groups is 1. The maximum absolute atomic E-state index is 15.1. The Labute approximate surface area is 328 Å². The van der Waals surface area contributed by atoms with Crippen molar-refractivity contribution in [2.45, 2.75) is 94.1 Å². The van der Waals surface area contributed by atoms with E-state index in [-0.39, 0.29) is 36.2 Å². The summed E-state index contributed by atoms with van der Waals surface area (Å²) in [6.07, 6.45) is 3.18. The number of halogens is 1. The molecule has 1 N–H and O–H groups in total. The molecule has 0 saturated carbocycles. The minimum atomic E-state index is -1.37. The first-order chi connectivity index (χ1) is 25.9. The van der Waals surface area contributed by atoms with Crippen molar-refractivity contribution in [1.82, 2.24) is 9.80 Å². The fraction of sp³-hybridized carbons (Fsp3) is 0.524. The van der Waals surface area contributed by atoms with E-state index in [0.717, 1.165) is 18.8 Å². The number of anilines is 2. The van der Waals surface area contributed by atoms with E-state index in [1.54, 1.807) is 29.0 Å². The number of rotatable bonds is 18. The molecule has 54 heavy (non-hydrogen) atoms. The molecule has 5 rings (SSSR count). The van der Waals surface area contributed by atoms with Crippen LogP contribution in [0.25, 0.3) is 0 Å². The zero-order valence-electron chi connectivity index (χ0n) is 32.1. The minimum Gasteiger partial charge on any atom is -0.455 e. The third-order valence-corrected chi connectivity index (χ3v) is 12.4. The number of carbonyl (C=O) groups is 4. The van der Waals surface area contributed by atoms with Gasteiger partial charge in [0.2, 0.25) is 11.8 Å². The molecule has 2 aromatic carbocycles. The van der Waals surface area contributed by atoms with Gasteiger partial charge in [0.1, 0.15) is 17.7 Å². The van der Waals surface area contributed by atoms with E-state index in [1.807, 2.05) is 68.4 Å². The number of amides is 3. The first kappa shape index (κ1) is 41.2. The van der Waals surface area contributed by atoms with Crippen LogP contribution in [0.5, 0.6) is 0 Å². The number of aliphatic hydroxyl groups excluding tert-OH is 1. The summed E-state index contributed by atoms with van der Waals surface area (Å²) in [5, 5.41) is 10.6. The fourth-order valence-electron chi connectivity index (χ4n) is 8.58. The van der Waals surface area contributed by atoms with Crippen LogP contribution in [0.2, 0.25) is 0 Å². The van der Waals surface area contributed by atoms with Crippen molar-refractivity contribution in [3.05, 3.63) is 85.5 Å². The van der Waals surface area contributed by atoms with Gasteiger partial charge in [-0.3, -0.25) is 19.2 Å². The molecule has 0 aliphatic carbocycles. The average molecular weight is 808 g/mol. The lowest BCUT2D eigenvalue weighted by Crippen LogP contribution is -2.59. The van der Waals surface area contributed by atoms with Gasteiger partial charge in [-0.25, -0.2) is 0 Å². The zero-order valence-corrected chi connectivity index (χ0v) is 33.7. The monoisotopic (exact) mass is 806 g/mol. The molecule has 1 unspecified atom stereocenters. The smallest absolute Gasteiger partial charge is 0.313 e. The van der Waals surface area contributed by atoms with Crippen LogP contribution in [0.15, 0.2) is 79.9 Å². The third kappa shape index (κ3) is 7.49. The highest BCUT2D eigenvalue weighted by Crippen LogP contribution is 2.61. The minimum absolute atomic E-state index is 0.119. The Hall–Kier alpha value is -4.00. The lowest BCUT2D eigenvalue weighted by Gasteiger charge is -2.39. The van der Waals surface area contributed by atoms with E-state index >= 15 is 4.79 Å². The number of likely N-dealkylation sites (N-methyl/N-ethyl adjacent to an activating group) is 1. The number of nitrogens with zero attached hydrogens (tertiary/aromatic N) is 4. The summed E-state index contributed by atoms with van der Waals surface area (Å²) in [6, 6.07) is 14.6. The van der Waals surface area contributed by atoms with Crippen LogP contribution >= 0.6 is 15.9 Å². The second-order valence-corrected chi connectivity index (χ2v) is 15.6. The predicted molar refractivity (Wildman–Crippen MR) is 213 cm³/mol. The molecule has 2 bridgehead atoms. The van der Waals surface area contributed by atoms with Crippen LogP contribution in [0.4, 0.5) is 11.4 Å². The molecule has 3 saturated heterocycles. The number of alkyl halides is 1. The molecule has 0 aromatic heterocycles. The summed E-state index contributed by atoms with van der Waals surface area (Å²) in [7, 11) is 1.69. The first-order valence-corrected chi connectivity index (χ1v) is 20.0. The number of carbonyl (C=O) groups excluding carboxylic acids is 4. The van der Waals surface area contributed by atoms with Gasteiger partial charge in [-0.1, -0.05) is 65.3 Å². The summed E-state index contributed by atoms with van der Waals surface area (Å²) in [5.74, 6) is -3.64. The Balaban J connectivity index is 1.53. The molecule has 9 atom stereocenters. The molecule has 3 aliphatic heterocycles. The number of ether oxygens (including phenoxy) is 2. The largest absolute Gasteiger partial charge is 0.455 e. The van der Waals surface area contributed by atoms with E-state index in [9.17, 15) is 19.5 Å². The number of fused-ring (bicyclic) bond motifs is 1. The second kappa shape index (κ2) is 17.6. The highest BCUT2D eigenvalue weighted by atomic mass is 79.9. The van der Waals surface area contributed by atoms with Crippen molar-refractivity contribution in [1.29, 1.82) is 0 Å². The Morgan fingerprint density at radius 3 is 2.28 bits per heavy atom. The van der Waals surface area contributed by atoms with E-state index in [0.29, 0.717) is 30.5 Å². The Morgan fingerprint density at radius 2 is 1.70 bits per heavy atom. The van der Waals surface area contributed by atoms with Gasteiger partial charge in [-0.2, -0.15) is 0 Å². The van der Waals surface area contributed by atoms with Gasteiger partial charge >= 0.3 is 5.97 Å². The number of hydrogen-bond acceptors (Lipinski definition) is 8. The quantitative estimate of drug-likeness (QED) is 0.116. The van der Waals surface area contributed by atoms with Crippen LogP contribution in [0, 0.1) is 11.8 Å². The first-order valence-electron chi connectivity index (χ1n) is 19.1. The highest BCUT2D eigenvalue weighted by Gasteiger charge is 2.77. The molecule has 3 amide bonds. The van der Waals surface area contributed by atoms with Crippen molar-refractivity contribution in [3.63, 3.8) is 0 Å². The molecule has 2 aromatic rings. The predicted octanol–water partition coefficient (Wildman–Crippen LogP) is 5.67. The molecule has 0 radical (unpaired) electrons. The van der Waals surface area contributed by atoms with Crippen molar-refractivity contribution in [3.8, 4) is 0 Å². The second-order valence-electron chi connectivity index (χ2n) is 14.4. The maximum Gasteiger partial charge on any atom is 0.313 e. The average Bonchev–Trinajstić information content (AvgIpc) is 3.79. The van der Waals surface area contributed by atoms with Crippen LogP contribution < -0.4 is 9.80 Å². The van der Waals surface area contributed by atoms with Crippen molar-refractivity contribution in [2.24, 2.45) is 11.8 Å². The molecule has 3 heterocycles. The van der Waals surface area contributed by atoms with Crippen molar-refractivity contribution < 1.29 is 33.8 Å². The Morgan fingerprint density at radius 1 is 1.06 bits per heavy atom. The van der Waals surface area contributed by atoms with Gasteiger partial charge in [0.15, 0.2) is 0 Å². The lowest BCUT2D eigenvalue weighted by atomic mass is 9.70. The number of esters is 1. The molecule has 3 aliphatic rings. The van der Waals surface area contributed by atoms with Crippen LogP contribution in [0.3, 0.4) is 0 Å². The number of hydrogen-bond donors (Lipinski definition) is 1. The summed E-state index contributed by atoms with van der Waals surface area (Å²) < 4.78 is 13.2. The molecule has 12 heteroatoms. The normalized spacial score (nSPS) is 25.7.